The molecule has 70 valence electrons. The summed E-state index contributed by atoms with van der Waals surface area (Å²) in [5.41, 5.74) is 1.66. The van der Waals surface area contributed by atoms with Crippen LogP contribution >= 0.6 is 11.6 Å². The van der Waals surface area contributed by atoms with Crippen LogP contribution in [-0.2, 0) is 6.54 Å². The van der Waals surface area contributed by atoms with E-state index in [-0.39, 0.29) is 0 Å². The highest BCUT2D eigenvalue weighted by Gasteiger charge is 2.02. The molecule has 13 heavy (non-hydrogen) atoms. The first-order valence-corrected chi connectivity index (χ1v) is 4.39. The molecular formula is C10H12ClNO. The van der Waals surface area contributed by atoms with Gasteiger partial charge in [-0.15, -0.1) is 0 Å². The van der Waals surface area contributed by atoms with E-state index in [9.17, 15) is 4.79 Å². The number of aldehydes is 1. The Bertz CT molecular complexity index is 310. The molecule has 1 rings (SSSR count). The van der Waals surface area contributed by atoms with Gasteiger partial charge in [0.2, 0.25) is 0 Å². The zero-order valence-corrected chi connectivity index (χ0v) is 8.51. The van der Waals surface area contributed by atoms with Gasteiger partial charge in [0.1, 0.15) is 6.29 Å². The predicted octanol–water partition coefficient (Wildman–Crippen LogP) is 2.21. The summed E-state index contributed by atoms with van der Waals surface area (Å²) in [5, 5.41) is 0.651. The van der Waals surface area contributed by atoms with Crippen LogP contribution in [0.4, 0.5) is 0 Å². The third-order valence-corrected chi connectivity index (χ3v) is 2.05. The molecule has 0 saturated carbocycles. The zero-order valence-electron chi connectivity index (χ0n) is 7.75. The largest absolute Gasteiger partial charge is 0.305 e. The molecule has 0 aromatic heterocycles. The lowest BCUT2D eigenvalue weighted by Gasteiger charge is -2.10. The maximum absolute atomic E-state index is 10.4. The van der Waals surface area contributed by atoms with Crippen LogP contribution in [0.15, 0.2) is 18.2 Å². The Hall–Kier alpha value is -0.860. The summed E-state index contributed by atoms with van der Waals surface area (Å²) in [5.74, 6) is 0. The second kappa shape index (κ2) is 4.40. The van der Waals surface area contributed by atoms with Crippen LogP contribution < -0.4 is 0 Å². The topological polar surface area (TPSA) is 20.3 Å². The number of nitrogens with zero attached hydrogens (tertiary/aromatic N) is 1. The molecule has 0 saturated heterocycles. The summed E-state index contributed by atoms with van der Waals surface area (Å²) >= 11 is 5.97. The average Bonchev–Trinajstić information content (AvgIpc) is 2.08. The van der Waals surface area contributed by atoms with E-state index in [0.717, 1.165) is 18.4 Å². The number of carbonyl (C=O) groups excluding carboxylic acids is 1. The van der Waals surface area contributed by atoms with Crippen molar-refractivity contribution in [1.82, 2.24) is 4.90 Å². The Kier molecular flexibility index (Phi) is 3.46. The highest BCUT2D eigenvalue weighted by molar-refractivity contribution is 6.31. The molecular weight excluding hydrogens is 186 g/mol. The van der Waals surface area contributed by atoms with E-state index < -0.39 is 0 Å². The maximum Gasteiger partial charge on any atom is 0.150 e. The minimum Gasteiger partial charge on any atom is -0.305 e. The van der Waals surface area contributed by atoms with E-state index in [1.807, 2.05) is 25.1 Å². The Morgan fingerprint density at radius 1 is 1.46 bits per heavy atom. The third kappa shape index (κ3) is 2.83. The minimum absolute atomic E-state index is 0.618. The van der Waals surface area contributed by atoms with Crippen molar-refractivity contribution in [2.45, 2.75) is 6.54 Å². The van der Waals surface area contributed by atoms with Crippen molar-refractivity contribution in [3.63, 3.8) is 0 Å². The molecule has 0 fully saturated rings. The molecule has 0 atom stereocenters. The van der Waals surface area contributed by atoms with E-state index in [4.69, 9.17) is 11.6 Å². The molecule has 3 heteroatoms. The van der Waals surface area contributed by atoms with Crippen LogP contribution in [0.25, 0.3) is 0 Å². The highest BCUT2D eigenvalue weighted by Crippen LogP contribution is 2.17. The molecule has 0 spiro atoms. The summed E-state index contributed by atoms with van der Waals surface area (Å²) < 4.78 is 0. The van der Waals surface area contributed by atoms with Gasteiger partial charge >= 0.3 is 0 Å². The number of hydrogen-bond donors (Lipinski definition) is 0. The monoisotopic (exact) mass is 197 g/mol. The van der Waals surface area contributed by atoms with Crippen molar-refractivity contribution in [1.29, 1.82) is 0 Å². The Morgan fingerprint density at radius 3 is 2.62 bits per heavy atom. The third-order valence-electron chi connectivity index (χ3n) is 1.70. The van der Waals surface area contributed by atoms with Crippen molar-refractivity contribution < 1.29 is 4.79 Å². The van der Waals surface area contributed by atoms with E-state index in [1.165, 1.54) is 0 Å². The fourth-order valence-corrected chi connectivity index (χ4v) is 1.35. The lowest BCUT2D eigenvalue weighted by atomic mass is 10.1. The normalized spacial score (nSPS) is 10.5. The number of halogens is 1. The lowest BCUT2D eigenvalue weighted by molar-refractivity contribution is 0.112. The Labute approximate surface area is 83.1 Å². The smallest absolute Gasteiger partial charge is 0.150 e. The van der Waals surface area contributed by atoms with Crippen molar-refractivity contribution in [2.24, 2.45) is 0 Å². The van der Waals surface area contributed by atoms with Crippen LogP contribution in [0.5, 0.6) is 0 Å². The first kappa shape index (κ1) is 10.2. The van der Waals surface area contributed by atoms with Gasteiger partial charge in [0.05, 0.1) is 0 Å². The van der Waals surface area contributed by atoms with Gasteiger partial charge in [-0.25, -0.2) is 0 Å². The second-order valence-electron chi connectivity index (χ2n) is 3.21. The lowest BCUT2D eigenvalue weighted by Crippen LogP contribution is -2.10. The molecule has 0 unspecified atom stereocenters. The van der Waals surface area contributed by atoms with Gasteiger partial charge in [-0.05, 0) is 25.7 Å². The van der Waals surface area contributed by atoms with E-state index in [2.05, 4.69) is 0 Å². The van der Waals surface area contributed by atoms with Crippen LogP contribution in [0.3, 0.4) is 0 Å². The number of carbonyl (C=O) groups is 1. The first-order valence-electron chi connectivity index (χ1n) is 4.02. The van der Waals surface area contributed by atoms with Crippen molar-refractivity contribution in [3.8, 4) is 0 Å². The Morgan fingerprint density at radius 2 is 2.15 bits per heavy atom. The molecule has 0 radical (unpaired) electrons. The summed E-state index contributed by atoms with van der Waals surface area (Å²) in [6.07, 6.45) is 0.797. The molecule has 0 N–H and O–H groups in total. The molecule has 2 nitrogen and oxygen atoms in total. The van der Waals surface area contributed by atoms with Crippen molar-refractivity contribution >= 4 is 17.9 Å². The SMILES string of the molecule is CN(C)Cc1ccc(C=O)cc1Cl. The molecule has 1 aromatic rings. The van der Waals surface area contributed by atoms with E-state index >= 15 is 0 Å². The van der Waals surface area contributed by atoms with Crippen molar-refractivity contribution in [3.05, 3.63) is 34.3 Å². The fraction of sp³-hybridized carbons (Fsp3) is 0.300. The van der Waals surface area contributed by atoms with E-state index in [1.54, 1.807) is 12.1 Å². The van der Waals surface area contributed by atoms with Gasteiger partial charge in [0, 0.05) is 17.1 Å². The van der Waals surface area contributed by atoms with Gasteiger partial charge in [0.25, 0.3) is 0 Å². The first-order chi connectivity index (χ1) is 6.13. The van der Waals surface area contributed by atoms with Gasteiger partial charge in [-0.2, -0.15) is 0 Å². The summed E-state index contributed by atoms with van der Waals surface area (Å²) in [4.78, 5) is 12.5. The fourth-order valence-electron chi connectivity index (χ4n) is 1.11. The quantitative estimate of drug-likeness (QED) is 0.693. The van der Waals surface area contributed by atoms with Gasteiger partial charge in [-0.3, -0.25) is 4.79 Å². The molecule has 0 aliphatic rings. The number of benzene rings is 1. The summed E-state index contributed by atoms with van der Waals surface area (Å²) in [6.45, 7) is 0.790. The predicted molar refractivity (Wildman–Crippen MR) is 54.2 cm³/mol. The van der Waals surface area contributed by atoms with Gasteiger partial charge in [-0.1, -0.05) is 23.7 Å². The standard InChI is InChI=1S/C10H12ClNO/c1-12(2)6-9-4-3-8(7-13)5-10(9)11/h3-5,7H,6H2,1-2H3. The highest BCUT2D eigenvalue weighted by atomic mass is 35.5. The average molecular weight is 198 g/mol. The zero-order chi connectivity index (χ0) is 9.84. The maximum atomic E-state index is 10.4. The van der Waals surface area contributed by atoms with E-state index in [0.29, 0.717) is 10.6 Å². The van der Waals surface area contributed by atoms with Crippen molar-refractivity contribution in [2.75, 3.05) is 14.1 Å². The molecule has 0 aliphatic carbocycles. The minimum atomic E-state index is 0.618. The molecule has 0 amide bonds. The summed E-state index contributed by atoms with van der Waals surface area (Å²) in [7, 11) is 3.95. The van der Waals surface area contributed by atoms with Crippen LogP contribution in [-0.4, -0.2) is 25.3 Å². The number of hydrogen-bond acceptors (Lipinski definition) is 2. The van der Waals surface area contributed by atoms with Gasteiger partial charge < -0.3 is 4.90 Å². The summed E-state index contributed by atoms with van der Waals surface area (Å²) in [6, 6.07) is 5.34. The molecule has 0 bridgehead atoms. The van der Waals surface area contributed by atoms with Crippen LogP contribution in [0.1, 0.15) is 15.9 Å². The molecule has 0 aliphatic heterocycles. The van der Waals surface area contributed by atoms with Gasteiger partial charge in [0.15, 0.2) is 0 Å². The van der Waals surface area contributed by atoms with Crippen LogP contribution in [0.2, 0.25) is 5.02 Å². The second-order valence-corrected chi connectivity index (χ2v) is 3.61. The van der Waals surface area contributed by atoms with Crippen LogP contribution in [0, 0.1) is 0 Å². The number of rotatable bonds is 3. The molecule has 1 aromatic carbocycles. The molecule has 0 heterocycles. The Balaban J connectivity index is 2.91.